The van der Waals surface area contributed by atoms with Crippen molar-refractivity contribution in [1.29, 1.82) is 0 Å². The molecule has 0 radical (unpaired) electrons. The molecule has 10 aromatic rings. The van der Waals surface area contributed by atoms with Crippen molar-refractivity contribution in [1.82, 2.24) is 38.2 Å². The van der Waals surface area contributed by atoms with Crippen LogP contribution in [0.15, 0.2) is 134 Å². The summed E-state index contributed by atoms with van der Waals surface area (Å²) >= 11 is 0. The second kappa shape index (κ2) is 19.7. The van der Waals surface area contributed by atoms with Crippen LogP contribution in [0.3, 0.4) is 0 Å². The zero-order valence-electron chi connectivity index (χ0n) is 45.8. The molecule has 0 amide bonds. The Hall–Kier alpha value is -6.96. The van der Waals surface area contributed by atoms with Gasteiger partial charge in [-0.3, -0.25) is 9.97 Å². The van der Waals surface area contributed by atoms with Crippen LogP contribution in [0.5, 0.6) is 0 Å². The first kappa shape index (κ1) is 46.8. The molecule has 74 heavy (non-hydrogen) atoms. The summed E-state index contributed by atoms with van der Waals surface area (Å²) in [4.78, 5) is 19.0. The number of rotatable bonds is 10. The summed E-state index contributed by atoms with van der Waals surface area (Å²) in [7, 11) is 3.98. The van der Waals surface area contributed by atoms with Crippen molar-refractivity contribution in [3.63, 3.8) is 0 Å². The maximum atomic E-state index is 10.9. The summed E-state index contributed by atoms with van der Waals surface area (Å²) in [5.74, 6) is 0.0654. The molecule has 2 aliphatic rings. The number of fused-ring (bicyclic) bond motifs is 6. The molecule has 0 spiro atoms. The summed E-state index contributed by atoms with van der Waals surface area (Å²) in [5, 5.41) is 23.8. The van der Waals surface area contributed by atoms with E-state index in [2.05, 4.69) is 55.5 Å². The predicted octanol–water partition coefficient (Wildman–Crippen LogP) is 12.3. The topological polar surface area (TPSA) is 130 Å². The van der Waals surface area contributed by atoms with E-state index in [-0.39, 0.29) is 11.8 Å². The van der Waals surface area contributed by atoms with Gasteiger partial charge in [-0.05, 0) is 126 Å². The highest BCUT2D eigenvalue weighted by atomic mass is 16.5. The van der Waals surface area contributed by atoms with E-state index in [0.29, 0.717) is 26.4 Å². The van der Waals surface area contributed by atoms with Gasteiger partial charge in [-0.15, -0.1) is 0 Å². The molecule has 12 rings (SSSR count). The number of aromatic nitrogens is 8. The van der Waals surface area contributed by atoms with Gasteiger partial charge in [0.1, 0.15) is 0 Å². The van der Waals surface area contributed by atoms with Crippen LogP contribution in [0.4, 0.5) is 0 Å². The van der Waals surface area contributed by atoms with Crippen molar-refractivity contribution in [2.45, 2.75) is 90.5 Å². The van der Waals surface area contributed by atoms with Gasteiger partial charge < -0.3 is 38.0 Å². The Kier molecular flexibility index (Phi) is 12.5. The number of hydrogen-bond acceptors (Lipinski definition) is 8. The predicted molar refractivity (Wildman–Crippen MR) is 295 cm³/mol. The molecule has 12 nitrogen and oxygen atoms in total. The lowest BCUT2D eigenvalue weighted by atomic mass is 9.86. The molecule has 0 bridgehead atoms. The minimum absolute atomic E-state index is 0.0327. The molecular weight excluding hydrogens is 921 g/mol. The van der Waals surface area contributed by atoms with Crippen molar-refractivity contribution >= 4 is 43.9 Å². The maximum Gasteiger partial charge on any atom is 0.0960 e. The normalized spacial score (nSPS) is 17.3. The van der Waals surface area contributed by atoms with Gasteiger partial charge in [-0.1, -0.05) is 84.9 Å². The van der Waals surface area contributed by atoms with Gasteiger partial charge in [0.2, 0.25) is 0 Å². The van der Waals surface area contributed by atoms with Crippen LogP contribution in [-0.4, -0.2) is 74.8 Å². The molecule has 8 heterocycles. The number of aliphatic hydroxyl groups is 2. The van der Waals surface area contributed by atoms with Gasteiger partial charge in [0.05, 0.1) is 94.5 Å². The van der Waals surface area contributed by atoms with Crippen molar-refractivity contribution < 1.29 is 22.4 Å². The largest absolute Gasteiger partial charge is 0.386 e. The summed E-state index contributed by atoms with van der Waals surface area (Å²) in [5.41, 5.74) is 12.6. The number of hydrogen-bond donors (Lipinski definition) is 2. The van der Waals surface area contributed by atoms with E-state index in [1.165, 1.54) is 0 Å². The molecule has 2 fully saturated rings. The highest BCUT2D eigenvalue weighted by Gasteiger charge is 2.33. The molecule has 6 aromatic heterocycles. The van der Waals surface area contributed by atoms with Crippen molar-refractivity contribution in [3.05, 3.63) is 168 Å². The SMILES string of the molecule is [2H][C@@](c1ccccc1)(C1CCOCC1)n1c2cc(C(C)(C)O)ccc2c2ncc(-c3c(C)ncn3C)cc21.[2H][C@](c1ccccc1)(C1CCOCC1)n1c2cc(C(C)(C)O)ccc2c2ncc(-c3c(C)ncn3C)cc21. The van der Waals surface area contributed by atoms with E-state index >= 15 is 0 Å². The number of nitrogens with zero attached hydrogens (tertiary/aromatic N) is 8. The van der Waals surface area contributed by atoms with Gasteiger partial charge >= 0.3 is 0 Å². The fourth-order valence-electron chi connectivity index (χ4n) is 11.5. The molecule has 2 N–H and O–H groups in total. The van der Waals surface area contributed by atoms with E-state index in [1.807, 2.05) is 135 Å². The first-order valence-electron chi connectivity index (χ1n) is 27.0. The van der Waals surface area contributed by atoms with E-state index in [9.17, 15) is 13.0 Å². The van der Waals surface area contributed by atoms with E-state index < -0.39 is 23.2 Å². The molecular formula is C62H68N8O4. The molecule has 380 valence electrons. The molecule has 2 atom stereocenters. The van der Waals surface area contributed by atoms with Crippen LogP contribution >= 0.6 is 0 Å². The zero-order valence-corrected chi connectivity index (χ0v) is 43.8. The van der Waals surface area contributed by atoms with E-state index in [1.54, 1.807) is 27.7 Å². The highest BCUT2D eigenvalue weighted by Crippen LogP contribution is 2.44. The first-order chi connectivity index (χ1) is 36.4. The number of benzene rings is 4. The lowest BCUT2D eigenvalue weighted by Crippen LogP contribution is -2.27. The summed E-state index contributed by atoms with van der Waals surface area (Å²) in [6.07, 6.45) is 10.6. The van der Waals surface area contributed by atoms with Gasteiger partial charge in [-0.2, -0.15) is 0 Å². The Labute approximate surface area is 436 Å². The number of pyridine rings is 2. The Morgan fingerprint density at radius 3 is 1.24 bits per heavy atom. The fourth-order valence-corrected chi connectivity index (χ4v) is 11.5. The molecule has 2 saturated heterocycles. The lowest BCUT2D eigenvalue weighted by Gasteiger charge is -2.33. The third-order valence-corrected chi connectivity index (χ3v) is 15.2. The molecule has 0 saturated carbocycles. The van der Waals surface area contributed by atoms with Gasteiger partial charge in [0.15, 0.2) is 0 Å². The van der Waals surface area contributed by atoms with Gasteiger partial charge in [0.25, 0.3) is 0 Å². The van der Waals surface area contributed by atoms with Crippen LogP contribution in [-0.2, 0) is 34.8 Å². The van der Waals surface area contributed by atoms with Crippen LogP contribution in [0.25, 0.3) is 66.4 Å². The molecule has 4 aromatic carbocycles. The van der Waals surface area contributed by atoms with Crippen molar-refractivity contribution in [3.8, 4) is 22.5 Å². The number of imidazole rings is 2. The average molecular weight is 991 g/mol. The highest BCUT2D eigenvalue weighted by molar-refractivity contribution is 6.08. The van der Waals surface area contributed by atoms with Crippen LogP contribution in [0.2, 0.25) is 0 Å². The maximum absolute atomic E-state index is 10.9. The average Bonchev–Trinajstić information content (AvgIpc) is 4.26. The quantitative estimate of drug-likeness (QED) is 0.139. The summed E-state index contributed by atoms with van der Waals surface area (Å²) < 4.78 is 40.5. The molecule has 2 aliphatic heterocycles. The monoisotopic (exact) mass is 991 g/mol. The van der Waals surface area contributed by atoms with Gasteiger partial charge in [0, 0.05) is 74.8 Å². The third kappa shape index (κ3) is 9.12. The van der Waals surface area contributed by atoms with Crippen LogP contribution in [0, 0.1) is 25.7 Å². The Morgan fingerprint density at radius 1 is 0.527 bits per heavy atom. The Balaban J connectivity index is 0.000000162. The lowest BCUT2D eigenvalue weighted by molar-refractivity contribution is 0.0551. The third-order valence-electron chi connectivity index (χ3n) is 15.2. The fraction of sp³-hybridized carbons (Fsp3) is 0.355. The standard InChI is InChI=1S/2C31H34N4O2/c2*1-20-29(34(4)19-33-20)23-16-27-28(32-18-23)25-11-10-24(31(2,3)36)17-26(25)35(27)30(21-8-6-5-7-9-21)22-12-14-37-15-13-22/h2*5-11,16-19,22,30,36H,12-15H2,1-4H3/t2*30-/m10/s1/i2*30D. The Bertz CT molecular complexity index is 3460. The number of aryl methyl sites for hydroxylation is 4. The first-order valence-corrected chi connectivity index (χ1v) is 26.0. The second-order valence-electron chi connectivity index (χ2n) is 21.3. The summed E-state index contributed by atoms with van der Waals surface area (Å²) in [6, 6.07) is 34.5. The second-order valence-corrected chi connectivity index (χ2v) is 21.3. The van der Waals surface area contributed by atoms with Crippen LogP contribution in [0.1, 0.15) is 102 Å². The summed E-state index contributed by atoms with van der Waals surface area (Å²) in [6.45, 7) is 13.8. The smallest absolute Gasteiger partial charge is 0.0960 e. The zero-order chi connectivity index (χ0) is 53.3. The van der Waals surface area contributed by atoms with Crippen molar-refractivity contribution in [2.75, 3.05) is 26.4 Å². The minimum atomic E-state index is -1.11. The van der Waals surface area contributed by atoms with Gasteiger partial charge in [-0.25, -0.2) is 9.97 Å². The Morgan fingerprint density at radius 2 is 0.905 bits per heavy atom. The molecule has 0 aliphatic carbocycles. The minimum Gasteiger partial charge on any atom is -0.386 e. The van der Waals surface area contributed by atoms with Crippen LogP contribution < -0.4 is 0 Å². The number of ether oxygens (including phenoxy) is 2. The van der Waals surface area contributed by atoms with E-state index in [4.69, 9.17) is 19.4 Å². The molecule has 0 unspecified atom stereocenters. The van der Waals surface area contributed by atoms with E-state index in [0.717, 1.165) is 126 Å². The molecule has 12 heteroatoms. The van der Waals surface area contributed by atoms with Crippen molar-refractivity contribution in [2.24, 2.45) is 25.9 Å².